The first-order chi connectivity index (χ1) is 13.4. The minimum atomic E-state index is -0.404. The molecular weight excluding hydrogens is 396 g/mol. The van der Waals surface area contributed by atoms with Crippen LogP contribution in [0, 0.1) is 12.8 Å². The summed E-state index contributed by atoms with van der Waals surface area (Å²) < 4.78 is 1.80. The van der Waals surface area contributed by atoms with Crippen molar-refractivity contribution in [3.63, 3.8) is 0 Å². The fourth-order valence-corrected chi connectivity index (χ4v) is 4.76. The highest BCUT2D eigenvalue weighted by molar-refractivity contribution is 7.22. The molecule has 28 heavy (non-hydrogen) atoms. The smallest absolute Gasteiger partial charge is 0.306 e. The van der Waals surface area contributed by atoms with Crippen LogP contribution in [0.2, 0.25) is 5.02 Å². The van der Waals surface area contributed by atoms with Crippen molar-refractivity contribution in [3.8, 4) is 0 Å². The fraction of sp³-hybridized carbons (Fsp3) is 0.350. The summed E-state index contributed by atoms with van der Waals surface area (Å²) in [4.78, 5) is 30.9. The molecule has 1 aromatic carbocycles. The van der Waals surface area contributed by atoms with Gasteiger partial charge in [0.2, 0.25) is 0 Å². The first-order valence-corrected chi connectivity index (χ1v) is 10.5. The molecule has 8 heteroatoms. The van der Waals surface area contributed by atoms with Crippen molar-refractivity contribution in [1.82, 2.24) is 9.55 Å². The first-order valence-electron chi connectivity index (χ1n) is 9.29. The number of rotatable bonds is 2. The fourth-order valence-electron chi connectivity index (χ4n) is 3.49. The third kappa shape index (κ3) is 3.52. The van der Waals surface area contributed by atoms with Gasteiger partial charge in [-0.2, -0.15) is 0 Å². The van der Waals surface area contributed by atoms with E-state index in [2.05, 4.69) is 17.6 Å². The van der Waals surface area contributed by atoms with Crippen LogP contribution in [0.15, 0.2) is 29.1 Å². The zero-order chi connectivity index (χ0) is 19.8. The Morgan fingerprint density at radius 3 is 2.86 bits per heavy atom. The summed E-state index contributed by atoms with van der Waals surface area (Å²) in [5, 5.41) is 7.25. The summed E-state index contributed by atoms with van der Waals surface area (Å²) in [5.41, 5.74) is 1.27. The SMILES string of the molecule is Cc1c(NC(=O)Nc2ccccc2Cl)sc2nc3n(c(=O)c12)CC[C@@H](C)CC3. The van der Waals surface area contributed by atoms with Crippen LogP contribution in [0.25, 0.3) is 10.2 Å². The quantitative estimate of drug-likeness (QED) is 0.614. The molecule has 146 valence electrons. The van der Waals surface area contributed by atoms with E-state index in [4.69, 9.17) is 16.6 Å². The predicted octanol–water partition coefficient (Wildman–Crippen LogP) is 5.04. The molecule has 2 aromatic heterocycles. The highest BCUT2D eigenvalue weighted by atomic mass is 35.5. The number of aromatic nitrogens is 2. The Labute approximate surface area is 171 Å². The number of thiophene rings is 1. The van der Waals surface area contributed by atoms with Crippen LogP contribution in [0.3, 0.4) is 0 Å². The number of para-hydroxylation sites is 1. The monoisotopic (exact) mass is 416 g/mol. The van der Waals surface area contributed by atoms with E-state index < -0.39 is 6.03 Å². The molecule has 4 rings (SSSR count). The Morgan fingerprint density at radius 1 is 1.29 bits per heavy atom. The maximum Gasteiger partial charge on any atom is 0.324 e. The number of hydrogen-bond acceptors (Lipinski definition) is 4. The highest BCUT2D eigenvalue weighted by Crippen LogP contribution is 2.33. The molecule has 1 aliphatic heterocycles. The highest BCUT2D eigenvalue weighted by Gasteiger charge is 2.21. The van der Waals surface area contributed by atoms with Crippen LogP contribution < -0.4 is 16.2 Å². The van der Waals surface area contributed by atoms with E-state index in [9.17, 15) is 9.59 Å². The van der Waals surface area contributed by atoms with Gasteiger partial charge in [-0.25, -0.2) is 9.78 Å². The lowest BCUT2D eigenvalue weighted by Gasteiger charge is -2.08. The van der Waals surface area contributed by atoms with E-state index in [0.29, 0.717) is 38.4 Å². The molecule has 0 radical (unpaired) electrons. The third-order valence-electron chi connectivity index (χ3n) is 5.18. The standard InChI is InChI=1S/C20H21ClN4O2S/c1-11-7-8-15-23-18-16(19(26)25(15)10-9-11)12(2)17(28-18)24-20(27)22-14-6-4-3-5-13(14)21/h3-6,11H,7-10H2,1-2H3,(H2,22,24,27)/t11-/m0/s1. The van der Waals surface area contributed by atoms with Gasteiger partial charge in [-0.1, -0.05) is 42.0 Å². The lowest BCUT2D eigenvalue weighted by Crippen LogP contribution is -2.24. The largest absolute Gasteiger partial charge is 0.324 e. The number of urea groups is 1. The summed E-state index contributed by atoms with van der Waals surface area (Å²) in [6.07, 6.45) is 2.82. The number of carbonyl (C=O) groups is 1. The zero-order valence-corrected chi connectivity index (χ0v) is 17.3. The van der Waals surface area contributed by atoms with Crippen molar-refractivity contribution in [2.75, 3.05) is 10.6 Å². The molecule has 3 aromatic rings. The minimum absolute atomic E-state index is 0.0117. The van der Waals surface area contributed by atoms with E-state index in [1.54, 1.807) is 28.8 Å². The van der Waals surface area contributed by atoms with E-state index >= 15 is 0 Å². The number of aryl methyl sites for hydroxylation is 2. The summed E-state index contributed by atoms with van der Waals surface area (Å²) >= 11 is 7.42. The van der Waals surface area contributed by atoms with Crippen molar-refractivity contribution < 1.29 is 4.79 Å². The number of hydrogen-bond donors (Lipinski definition) is 2. The van der Waals surface area contributed by atoms with Gasteiger partial charge in [0, 0.05) is 13.0 Å². The van der Waals surface area contributed by atoms with Gasteiger partial charge >= 0.3 is 6.03 Å². The van der Waals surface area contributed by atoms with Crippen LogP contribution in [0.1, 0.15) is 31.2 Å². The van der Waals surface area contributed by atoms with Crippen LogP contribution in [0.4, 0.5) is 15.5 Å². The Hall–Kier alpha value is -2.38. The van der Waals surface area contributed by atoms with Gasteiger partial charge in [-0.3, -0.25) is 14.7 Å². The molecule has 0 spiro atoms. The second-order valence-corrected chi connectivity index (χ2v) is 8.62. The van der Waals surface area contributed by atoms with Gasteiger partial charge in [0.05, 0.1) is 16.1 Å². The van der Waals surface area contributed by atoms with Crippen molar-refractivity contribution in [2.24, 2.45) is 5.92 Å². The Morgan fingerprint density at radius 2 is 2.07 bits per heavy atom. The predicted molar refractivity (Wildman–Crippen MR) is 115 cm³/mol. The van der Waals surface area contributed by atoms with Gasteiger partial charge in [0.25, 0.3) is 5.56 Å². The van der Waals surface area contributed by atoms with Crippen LogP contribution in [-0.2, 0) is 13.0 Å². The van der Waals surface area contributed by atoms with Gasteiger partial charge in [-0.05, 0) is 43.4 Å². The topological polar surface area (TPSA) is 76.0 Å². The van der Waals surface area contributed by atoms with Gasteiger partial charge in [0.1, 0.15) is 15.7 Å². The lowest BCUT2D eigenvalue weighted by molar-refractivity contribution is 0.262. The lowest BCUT2D eigenvalue weighted by atomic mass is 10.0. The summed E-state index contributed by atoms with van der Waals surface area (Å²) in [6, 6.07) is 6.63. The number of carbonyl (C=O) groups excluding carboxylic acids is 1. The molecule has 2 N–H and O–H groups in total. The normalized spacial score (nSPS) is 16.5. The number of anilines is 2. The van der Waals surface area contributed by atoms with Gasteiger partial charge < -0.3 is 5.32 Å². The molecular formula is C20H21ClN4O2S. The molecule has 0 aliphatic carbocycles. The Bertz CT molecular complexity index is 1120. The summed E-state index contributed by atoms with van der Waals surface area (Å²) in [5.74, 6) is 1.43. The molecule has 0 unspecified atom stereocenters. The second-order valence-electron chi connectivity index (χ2n) is 7.21. The zero-order valence-electron chi connectivity index (χ0n) is 15.7. The second kappa shape index (κ2) is 7.56. The maximum atomic E-state index is 13.1. The first kappa shape index (κ1) is 19.0. The minimum Gasteiger partial charge on any atom is -0.306 e. The van der Waals surface area contributed by atoms with E-state index in [0.717, 1.165) is 30.7 Å². The molecule has 3 heterocycles. The van der Waals surface area contributed by atoms with Crippen molar-refractivity contribution in [2.45, 2.75) is 39.7 Å². The van der Waals surface area contributed by atoms with E-state index in [1.165, 1.54) is 11.3 Å². The molecule has 2 amide bonds. The van der Waals surface area contributed by atoms with Crippen molar-refractivity contribution >= 4 is 49.9 Å². The molecule has 0 saturated heterocycles. The number of halogens is 1. The van der Waals surface area contributed by atoms with Crippen molar-refractivity contribution in [3.05, 3.63) is 51.0 Å². The molecule has 0 bridgehead atoms. The number of nitrogens with zero attached hydrogens (tertiary/aromatic N) is 2. The molecule has 6 nitrogen and oxygen atoms in total. The average Bonchev–Trinajstić information content (AvgIpc) is 2.83. The van der Waals surface area contributed by atoms with Crippen LogP contribution in [0.5, 0.6) is 0 Å². The van der Waals surface area contributed by atoms with Crippen LogP contribution in [-0.4, -0.2) is 15.6 Å². The van der Waals surface area contributed by atoms with Crippen molar-refractivity contribution in [1.29, 1.82) is 0 Å². The Balaban J connectivity index is 1.65. The van der Waals surface area contributed by atoms with Gasteiger partial charge in [0.15, 0.2) is 0 Å². The maximum absolute atomic E-state index is 13.1. The summed E-state index contributed by atoms with van der Waals surface area (Å²) in [7, 11) is 0. The number of nitrogens with one attached hydrogen (secondary N) is 2. The Kier molecular flexibility index (Phi) is 5.12. The van der Waals surface area contributed by atoms with E-state index in [1.807, 2.05) is 6.92 Å². The number of fused-ring (bicyclic) bond motifs is 2. The number of benzene rings is 1. The number of amides is 2. The molecule has 1 atom stereocenters. The van der Waals surface area contributed by atoms with Crippen LogP contribution >= 0.6 is 22.9 Å². The molecule has 0 fully saturated rings. The summed E-state index contributed by atoms with van der Waals surface area (Å²) in [6.45, 7) is 4.76. The molecule has 0 saturated carbocycles. The van der Waals surface area contributed by atoms with Gasteiger partial charge in [-0.15, -0.1) is 0 Å². The van der Waals surface area contributed by atoms with E-state index in [-0.39, 0.29) is 5.56 Å². The third-order valence-corrected chi connectivity index (χ3v) is 6.62. The molecule has 1 aliphatic rings. The average molecular weight is 417 g/mol.